The second-order valence-electron chi connectivity index (χ2n) is 7.76. The zero-order valence-corrected chi connectivity index (χ0v) is 17.7. The number of hydrogen-bond acceptors (Lipinski definition) is 4. The third-order valence-electron chi connectivity index (χ3n) is 6.54. The summed E-state index contributed by atoms with van der Waals surface area (Å²) in [5.41, 5.74) is 0. The zero-order chi connectivity index (χ0) is 19.5. The van der Waals surface area contributed by atoms with Crippen LogP contribution in [0.1, 0.15) is 13.3 Å². The molecule has 3 heterocycles. The third-order valence-corrected chi connectivity index (χ3v) is 9.18. The topological polar surface area (TPSA) is 55.8 Å². The molecule has 3 saturated heterocycles. The number of halogens is 5. The number of imide groups is 1. The summed E-state index contributed by atoms with van der Waals surface area (Å²) in [5, 5.41) is 1.98. The molecule has 5 rings (SSSR count). The van der Waals surface area contributed by atoms with Crippen LogP contribution in [0, 0.1) is 23.7 Å². The van der Waals surface area contributed by atoms with E-state index >= 15 is 0 Å². The van der Waals surface area contributed by atoms with Crippen LogP contribution in [0.5, 0.6) is 0 Å². The summed E-state index contributed by atoms with van der Waals surface area (Å²) in [6.07, 6.45) is 0.851. The Kier molecular flexibility index (Phi) is 4.06. The maximum atomic E-state index is 12.9. The van der Waals surface area contributed by atoms with Crippen molar-refractivity contribution in [3.8, 4) is 0 Å². The minimum Gasteiger partial charge on any atom is -0.373 e. The number of ether oxygens (including phenoxy) is 1. The van der Waals surface area contributed by atoms with Gasteiger partial charge in [-0.1, -0.05) is 34.8 Å². The predicted octanol–water partition coefficient (Wildman–Crippen LogP) is 3.74. The molecule has 0 radical (unpaired) electrons. The Bertz CT molecular complexity index is 787. The van der Waals surface area contributed by atoms with Crippen molar-refractivity contribution in [2.24, 2.45) is 23.7 Å². The van der Waals surface area contributed by atoms with Crippen LogP contribution in [0.4, 0.5) is 0 Å². The van der Waals surface area contributed by atoms with E-state index in [1.807, 2.05) is 0 Å². The molecule has 27 heavy (non-hydrogen) atoms. The molecule has 0 spiro atoms. The van der Waals surface area contributed by atoms with Gasteiger partial charge >= 0.3 is 0 Å². The Labute approximate surface area is 180 Å². The van der Waals surface area contributed by atoms with E-state index < -0.39 is 45.6 Å². The molecular weight excluding hydrogens is 459 g/mol. The van der Waals surface area contributed by atoms with Crippen LogP contribution in [0.2, 0.25) is 0 Å². The third kappa shape index (κ3) is 2.12. The lowest BCUT2D eigenvalue weighted by atomic mass is 9.65. The van der Waals surface area contributed by atoms with Crippen molar-refractivity contribution in [1.82, 2.24) is 5.06 Å². The van der Waals surface area contributed by atoms with E-state index in [4.69, 9.17) is 67.6 Å². The molecule has 5 nitrogen and oxygen atoms in total. The van der Waals surface area contributed by atoms with Gasteiger partial charge in [-0.15, -0.1) is 23.2 Å². The number of hydroxylamine groups is 2. The summed E-state index contributed by atoms with van der Waals surface area (Å²) in [4.78, 5) is 29.2. The van der Waals surface area contributed by atoms with E-state index in [0.29, 0.717) is 21.5 Å². The first kappa shape index (κ1) is 19.0. The molecule has 2 aliphatic carbocycles. The van der Waals surface area contributed by atoms with Gasteiger partial charge in [-0.05, 0) is 19.4 Å². The predicted molar refractivity (Wildman–Crippen MR) is 101 cm³/mol. The lowest BCUT2D eigenvalue weighted by molar-refractivity contribution is -0.189. The second kappa shape index (κ2) is 5.78. The van der Waals surface area contributed by atoms with Gasteiger partial charge in [0.1, 0.15) is 0 Å². The Morgan fingerprint density at radius 2 is 1.63 bits per heavy atom. The van der Waals surface area contributed by atoms with E-state index in [-0.39, 0.29) is 18.4 Å². The first-order valence-electron chi connectivity index (χ1n) is 8.55. The van der Waals surface area contributed by atoms with Crippen molar-refractivity contribution in [3.63, 3.8) is 0 Å². The molecular formula is C17H14Cl5NO4. The Hall–Kier alpha value is -0.0100. The van der Waals surface area contributed by atoms with Crippen LogP contribution in [0.3, 0.4) is 0 Å². The maximum absolute atomic E-state index is 12.9. The van der Waals surface area contributed by atoms with Crippen molar-refractivity contribution >= 4 is 69.8 Å². The smallest absolute Gasteiger partial charge is 0.260 e. The molecule has 5 aliphatic rings. The molecule has 2 amide bonds. The highest BCUT2D eigenvalue weighted by molar-refractivity contribution is 6.51. The minimum absolute atomic E-state index is 0.0212. The first-order valence-corrected chi connectivity index (χ1v) is 10.4. The number of carbonyl (C=O) groups excluding carboxylic acids is 2. The molecule has 146 valence electrons. The summed E-state index contributed by atoms with van der Waals surface area (Å²) < 4.78 is 6.08. The number of hydrogen-bond donors (Lipinski definition) is 0. The molecule has 3 aliphatic heterocycles. The Morgan fingerprint density at radius 1 is 1.15 bits per heavy atom. The van der Waals surface area contributed by atoms with Crippen LogP contribution in [-0.2, 0) is 19.2 Å². The lowest BCUT2D eigenvalue weighted by Crippen LogP contribution is -2.50. The van der Waals surface area contributed by atoms with Gasteiger partial charge in [0.05, 0.1) is 50.5 Å². The molecule has 10 heteroatoms. The Balaban J connectivity index is 1.49. The highest BCUT2D eigenvalue weighted by Crippen LogP contribution is 2.75. The molecule has 0 N–H and O–H groups in total. The monoisotopic (exact) mass is 471 g/mol. The molecule has 4 fully saturated rings. The first-order chi connectivity index (χ1) is 12.6. The van der Waals surface area contributed by atoms with Crippen molar-refractivity contribution in [2.75, 3.05) is 6.61 Å². The average Bonchev–Trinajstić information content (AvgIpc) is 3.32. The number of rotatable bonds is 3. The Morgan fingerprint density at radius 3 is 2.07 bits per heavy atom. The highest BCUT2D eigenvalue weighted by atomic mass is 35.5. The minimum atomic E-state index is -0.967. The number of allylic oxidation sites excluding steroid dienone is 3. The molecule has 0 aromatic rings. The molecule has 0 aromatic heterocycles. The van der Waals surface area contributed by atoms with Crippen molar-refractivity contribution in [2.45, 2.75) is 35.3 Å². The second-order valence-corrected chi connectivity index (χ2v) is 10.5. The SMILES string of the molecule is C/C(Cl)=C\CON1C(=O)[C@@H]2[C@H]3O[C@H]([C@H]2C1=O)[C@@H]1[C@@H]3[C@]2(Cl)C[C@]1(Cl)C(Cl)=C2Cl. The molecule has 4 bridgehead atoms. The lowest BCUT2D eigenvalue weighted by Gasteiger charge is -2.40. The van der Waals surface area contributed by atoms with Crippen molar-refractivity contribution in [3.05, 3.63) is 21.2 Å². The van der Waals surface area contributed by atoms with Gasteiger partial charge in [-0.25, -0.2) is 0 Å². The summed E-state index contributed by atoms with van der Waals surface area (Å²) in [6, 6.07) is 0. The van der Waals surface area contributed by atoms with Crippen LogP contribution in [-0.4, -0.2) is 45.4 Å². The number of nitrogens with zero attached hydrogens (tertiary/aromatic N) is 1. The largest absolute Gasteiger partial charge is 0.373 e. The van der Waals surface area contributed by atoms with Crippen LogP contribution in [0.25, 0.3) is 0 Å². The normalized spacial score (nSPS) is 50.3. The summed E-state index contributed by atoms with van der Waals surface area (Å²) in [7, 11) is 0. The molecule has 0 aromatic carbocycles. The van der Waals surface area contributed by atoms with E-state index in [0.717, 1.165) is 5.06 Å². The van der Waals surface area contributed by atoms with E-state index in [1.54, 1.807) is 13.0 Å². The number of fused-ring (bicyclic) bond motifs is 12. The fourth-order valence-electron chi connectivity index (χ4n) is 5.62. The number of amides is 2. The average molecular weight is 474 g/mol. The van der Waals surface area contributed by atoms with Crippen molar-refractivity contribution in [1.29, 1.82) is 0 Å². The fraction of sp³-hybridized carbons (Fsp3) is 0.647. The van der Waals surface area contributed by atoms with Gasteiger partial charge in [0.15, 0.2) is 0 Å². The van der Waals surface area contributed by atoms with Gasteiger partial charge in [-0.2, -0.15) is 5.06 Å². The molecule has 8 atom stereocenters. The van der Waals surface area contributed by atoms with E-state index in [9.17, 15) is 9.59 Å². The van der Waals surface area contributed by atoms with Gasteiger partial charge < -0.3 is 4.74 Å². The summed E-state index contributed by atoms with van der Waals surface area (Å²) in [6.45, 7) is 1.70. The fourth-order valence-corrected chi connectivity index (χ4v) is 7.70. The molecule has 0 unspecified atom stereocenters. The van der Waals surface area contributed by atoms with E-state index in [1.165, 1.54) is 0 Å². The zero-order valence-electron chi connectivity index (χ0n) is 13.9. The number of carbonyl (C=O) groups is 2. The molecule has 1 saturated carbocycles. The quantitative estimate of drug-likeness (QED) is 0.463. The van der Waals surface area contributed by atoms with E-state index in [2.05, 4.69) is 0 Å². The summed E-state index contributed by atoms with van der Waals surface area (Å²) in [5.74, 6) is -2.70. The van der Waals surface area contributed by atoms with Gasteiger partial charge in [0, 0.05) is 16.9 Å². The van der Waals surface area contributed by atoms with Gasteiger partial charge in [-0.3, -0.25) is 14.4 Å². The van der Waals surface area contributed by atoms with Crippen molar-refractivity contribution < 1.29 is 19.2 Å². The maximum Gasteiger partial charge on any atom is 0.260 e. The highest BCUT2D eigenvalue weighted by Gasteiger charge is 2.82. The van der Waals surface area contributed by atoms with Crippen LogP contribution < -0.4 is 0 Å². The van der Waals surface area contributed by atoms with Crippen LogP contribution in [0.15, 0.2) is 21.2 Å². The van der Waals surface area contributed by atoms with Gasteiger partial charge in [0.2, 0.25) is 0 Å². The summed E-state index contributed by atoms with van der Waals surface area (Å²) >= 11 is 32.3. The standard InChI is InChI=1S/C17H14Cl5NO4/c1-5(18)2-3-26-23-14(24)6-7(15(23)25)11-9-8(10(6)27-11)16(21)4-17(9,22)13(20)12(16)19/h2,6-11H,3-4H2,1H3/b5-2+/t6-,7-,8-,9-,10+,11+,16+,17+/m0/s1. The number of alkyl halides is 2. The van der Waals surface area contributed by atoms with Gasteiger partial charge in [0.25, 0.3) is 11.8 Å². The van der Waals surface area contributed by atoms with Crippen LogP contribution >= 0.6 is 58.0 Å².